The fraction of sp³-hybridized carbons (Fsp3) is 0.667. The Morgan fingerprint density at radius 3 is 2.83 bits per heavy atom. The van der Waals surface area contributed by atoms with Crippen molar-refractivity contribution in [3.63, 3.8) is 0 Å². The van der Waals surface area contributed by atoms with Crippen LogP contribution < -0.4 is 5.32 Å². The second-order valence-corrected chi connectivity index (χ2v) is 2.75. The van der Waals surface area contributed by atoms with Gasteiger partial charge in [0, 0.05) is 13.2 Å². The number of rotatable bonds is 6. The standard InChI is InChI=1S/C9H16N2O/c1-4-6-11-9(3,7-10)8-12-5-2/h4,11H,1,5-6,8H2,2-3H3. The second-order valence-electron chi connectivity index (χ2n) is 2.75. The van der Waals surface area contributed by atoms with E-state index in [9.17, 15) is 0 Å². The molecule has 1 N–H and O–H groups in total. The van der Waals surface area contributed by atoms with E-state index >= 15 is 0 Å². The lowest BCUT2D eigenvalue weighted by molar-refractivity contribution is 0.107. The van der Waals surface area contributed by atoms with E-state index in [-0.39, 0.29) is 0 Å². The first-order valence-corrected chi connectivity index (χ1v) is 4.03. The summed E-state index contributed by atoms with van der Waals surface area (Å²) in [6.07, 6.45) is 1.72. The SMILES string of the molecule is C=CCNC(C)(C#N)COCC. The Morgan fingerprint density at radius 1 is 1.75 bits per heavy atom. The highest BCUT2D eigenvalue weighted by molar-refractivity contribution is 5.04. The van der Waals surface area contributed by atoms with Gasteiger partial charge in [-0.25, -0.2) is 0 Å². The molecule has 0 fully saturated rings. The van der Waals surface area contributed by atoms with Gasteiger partial charge in [0.1, 0.15) is 5.54 Å². The van der Waals surface area contributed by atoms with Crippen molar-refractivity contribution in [2.75, 3.05) is 19.8 Å². The van der Waals surface area contributed by atoms with E-state index in [2.05, 4.69) is 18.0 Å². The van der Waals surface area contributed by atoms with Crippen molar-refractivity contribution in [3.8, 4) is 6.07 Å². The number of hydrogen-bond acceptors (Lipinski definition) is 3. The first-order valence-electron chi connectivity index (χ1n) is 4.03. The van der Waals surface area contributed by atoms with Gasteiger partial charge >= 0.3 is 0 Å². The highest BCUT2D eigenvalue weighted by atomic mass is 16.5. The van der Waals surface area contributed by atoms with Crippen molar-refractivity contribution in [2.24, 2.45) is 0 Å². The fourth-order valence-electron chi connectivity index (χ4n) is 0.726. The van der Waals surface area contributed by atoms with Crippen LogP contribution in [0.1, 0.15) is 13.8 Å². The van der Waals surface area contributed by atoms with Crippen LogP contribution in [0.4, 0.5) is 0 Å². The highest BCUT2D eigenvalue weighted by Gasteiger charge is 2.21. The quantitative estimate of drug-likeness (QED) is 0.604. The van der Waals surface area contributed by atoms with Crippen LogP contribution in [0, 0.1) is 11.3 Å². The van der Waals surface area contributed by atoms with Gasteiger partial charge in [0.15, 0.2) is 0 Å². The third kappa shape index (κ3) is 4.12. The van der Waals surface area contributed by atoms with E-state index < -0.39 is 5.54 Å². The van der Waals surface area contributed by atoms with Crippen LogP contribution in [0.25, 0.3) is 0 Å². The number of ether oxygens (including phenoxy) is 1. The maximum Gasteiger partial charge on any atom is 0.127 e. The van der Waals surface area contributed by atoms with Gasteiger partial charge in [-0.1, -0.05) is 6.08 Å². The molecule has 0 aliphatic carbocycles. The molecule has 1 unspecified atom stereocenters. The minimum Gasteiger partial charge on any atom is -0.379 e. The molecule has 3 nitrogen and oxygen atoms in total. The molecule has 0 bridgehead atoms. The van der Waals surface area contributed by atoms with E-state index in [0.717, 1.165) is 0 Å². The average molecular weight is 168 g/mol. The third-order valence-electron chi connectivity index (χ3n) is 1.48. The molecular weight excluding hydrogens is 152 g/mol. The van der Waals surface area contributed by atoms with Crippen molar-refractivity contribution in [3.05, 3.63) is 12.7 Å². The Kier molecular flexibility index (Phi) is 5.35. The Bertz CT molecular complexity index is 174. The van der Waals surface area contributed by atoms with Gasteiger partial charge < -0.3 is 4.74 Å². The summed E-state index contributed by atoms with van der Waals surface area (Å²) in [4.78, 5) is 0. The van der Waals surface area contributed by atoms with Gasteiger partial charge in [0.05, 0.1) is 12.7 Å². The van der Waals surface area contributed by atoms with Crippen LogP contribution in [-0.2, 0) is 4.74 Å². The van der Waals surface area contributed by atoms with Crippen LogP contribution in [-0.4, -0.2) is 25.3 Å². The molecule has 0 spiro atoms. The monoisotopic (exact) mass is 168 g/mol. The Balaban J connectivity index is 3.88. The molecule has 3 heteroatoms. The van der Waals surface area contributed by atoms with E-state index in [1.807, 2.05) is 13.8 Å². The topological polar surface area (TPSA) is 45.0 Å². The smallest absolute Gasteiger partial charge is 0.127 e. The molecule has 0 heterocycles. The lowest BCUT2D eigenvalue weighted by Gasteiger charge is -2.21. The maximum atomic E-state index is 8.81. The number of nitrogens with zero attached hydrogens (tertiary/aromatic N) is 1. The number of nitrogens with one attached hydrogen (secondary N) is 1. The fourth-order valence-corrected chi connectivity index (χ4v) is 0.726. The zero-order valence-electron chi connectivity index (χ0n) is 7.76. The Hall–Kier alpha value is -0.850. The molecule has 0 saturated carbocycles. The highest BCUT2D eigenvalue weighted by Crippen LogP contribution is 2.01. The summed E-state index contributed by atoms with van der Waals surface area (Å²) in [5.74, 6) is 0. The molecule has 0 aromatic rings. The largest absolute Gasteiger partial charge is 0.379 e. The summed E-state index contributed by atoms with van der Waals surface area (Å²) in [7, 11) is 0. The second kappa shape index (κ2) is 5.76. The summed E-state index contributed by atoms with van der Waals surface area (Å²) in [6.45, 7) is 8.95. The van der Waals surface area contributed by atoms with Crippen LogP contribution in [0.5, 0.6) is 0 Å². The Labute approximate surface area is 74.0 Å². The molecule has 0 aromatic carbocycles. The van der Waals surface area contributed by atoms with Crippen LogP contribution in [0.2, 0.25) is 0 Å². The van der Waals surface area contributed by atoms with Gasteiger partial charge in [0.2, 0.25) is 0 Å². The lowest BCUT2D eigenvalue weighted by atomic mass is 10.1. The van der Waals surface area contributed by atoms with Crippen molar-refractivity contribution >= 4 is 0 Å². The first kappa shape index (κ1) is 11.2. The summed E-state index contributed by atoms with van der Waals surface area (Å²) in [6, 6.07) is 2.16. The molecule has 68 valence electrons. The van der Waals surface area contributed by atoms with Gasteiger partial charge in [-0.2, -0.15) is 5.26 Å². The predicted octanol–water partition coefficient (Wildman–Crippen LogP) is 1.08. The van der Waals surface area contributed by atoms with E-state index in [0.29, 0.717) is 19.8 Å². The molecule has 0 aromatic heterocycles. The Morgan fingerprint density at radius 2 is 2.42 bits per heavy atom. The van der Waals surface area contributed by atoms with E-state index in [4.69, 9.17) is 10.00 Å². The molecule has 0 radical (unpaired) electrons. The molecule has 0 aliphatic rings. The van der Waals surface area contributed by atoms with E-state index in [1.54, 1.807) is 6.08 Å². The molecule has 0 aliphatic heterocycles. The maximum absolute atomic E-state index is 8.81. The molecule has 0 amide bonds. The zero-order chi connectivity index (χ0) is 9.45. The normalized spacial score (nSPS) is 14.8. The van der Waals surface area contributed by atoms with Crippen molar-refractivity contribution in [1.82, 2.24) is 5.32 Å². The third-order valence-corrected chi connectivity index (χ3v) is 1.48. The molecule has 12 heavy (non-hydrogen) atoms. The number of nitriles is 1. The summed E-state index contributed by atoms with van der Waals surface area (Å²) in [5, 5.41) is 11.8. The first-order chi connectivity index (χ1) is 5.68. The molecular formula is C9H16N2O. The zero-order valence-corrected chi connectivity index (χ0v) is 7.76. The van der Waals surface area contributed by atoms with Crippen molar-refractivity contribution in [2.45, 2.75) is 19.4 Å². The van der Waals surface area contributed by atoms with E-state index in [1.165, 1.54) is 0 Å². The lowest BCUT2D eigenvalue weighted by Crippen LogP contribution is -2.45. The van der Waals surface area contributed by atoms with Crippen molar-refractivity contribution in [1.29, 1.82) is 5.26 Å². The predicted molar refractivity (Wildman–Crippen MR) is 48.7 cm³/mol. The summed E-state index contributed by atoms with van der Waals surface area (Å²) < 4.78 is 5.17. The average Bonchev–Trinajstić information content (AvgIpc) is 2.11. The summed E-state index contributed by atoms with van der Waals surface area (Å²) in [5.41, 5.74) is -0.593. The van der Waals surface area contributed by atoms with Gasteiger partial charge in [-0.15, -0.1) is 6.58 Å². The van der Waals surface area contributed by atoms with Gasteiger partial charge in [-0.05, 0) is 13.8 Å². The summed E-state index contributed by atoms with van der Waals surface area (Å²) >= 11 is 0. The van der Waals surface area contributed by atoms with Crippen LogP contribution in [0.3, 0.4) is 0 Å². The molecule has 1 atom stereocenters. The van der Waals surface area contributed by atoms with Crippen LogP contribution >= 0.6 is 0 Å². The molecule has 0 saturated heterocycles. The van der Waals surface area contributed by atoms with Crippen molar-refractivity contribution < 1.29 is 4.74 Å². The van der Waals surface area contributed by atoms with Crippen LogP contribution in [0.15, 0.2) is 12.7 Å². The number of hydrogen-bond donors (Lipinski definition) is 1. The van der Waals surface area contributed by atoms with Gasteiger partial charge in [0.25, 0.3) is 0 Å². The minimum absolute atomic E-state index is 0.411. The molecule has 0 rings (SSSR count). The minimum atomic E-state index is -0.593. The van der Waals surface area contributed by atoms with Gasteiger partial charge in [-0.3, -0.25) is 5.32 Å².